The van der Waals surface area contributed by atoms with Gasteiger partial charge in [0.2, 0.25) is 0 Å². The second kappa shape index (κ2) is 5.54. The molecule has 0 N–H and O–H groups in total. The number of rotatable bonds is 4. The number of likely N-dealkylation sites (N-methyl/N-ethyl adjacent to an activating group) is 2. The fourth-order valence-electron chi connectivity index (χ4n) is 2.56. The smallest absolute Gasteiger partial charge is 0.181 e. The van der Waals surface area contributed by atoms with Gasteiger partial charge in [-0.05, 0) is 51.2 Å². The minimum absolute atomic E-state index is 0.0380. The first kappa shape index (κ1) is 13.6. The first-order chi connectivity index (χ1) is 9.63. The summed E-state index contributed by atoms with van der Waals surface area (Å²) >= 11 is 0. The molecule has 1 aromatic carbocycles. The molecule has 1 unspecified atom stereocenters. The number of piperazine rings is 1. The van der Waals surface area contributed by atoms with Crippen LogP contribution in [0.4, 0.5) is 0 Å². The van der Waals surface area contributed by atoms with Crippen LogP contribution in [0.25, 0.3) is 0 Å². The summed E-state index contributed by atoms with van der Waals surface area (Å²) in [7, 11) is 4.10. The number of Topliss-reactive ketones (excluding diaryl/α,β-unsaturated/α-hetero) is 1. The van der Waals surface area contributed by atoms with Gasteiger partial charge >= 0.3 is 0 Å². The van der Waals surface area contributed by atoms with E-state index in [2.05, 4.69) is 16.8 Å². The molecule has 1 atom stereocenters. The highest BCUT2D eigenvalue weighted by molar-refractivity contribution is 6.00. The summed E-state index contributed by atoms with van der Waals surface area (Å²) in [6.07, 6.45) is 2.70. The first-order valence-corrected chi connectivity index (χ1v) is 7.33. The predicted octanol–water partition coefficient (Wildman–Crippen LogP) is 1.66. The van der Waals surface area contributed by atoms with Crippen molar-refractivity contribution in [1.82, 2.24) is 9.80 Å². The van der Waals surface area contributed by atoms with Crippen molar-refractivity contribution >= 4 is 5.78 Å². The van der Waals surface area contributed by atoms with E-state index in [4.69, 9.17) is 4.74 Å². The molecule has 2 fully saturated rings. The molecule has 0 bridgehead atoms. The molecule has 0 spiro atoms. The number of carbonyl (C=O) groups excluding carboxylic acids is 1. The molecule has 108 valence electrons. The summed E-state index contributed by atoms with van der Waals surface area (Å²) in [6.45, 7) is 2.76. The highest BCUT2D eigenvalue weighted by atomic mass is 16.5. The van der Waals surface area contributed by atoms with Crippen LogP contribution in [0.1, 0.15) is 23.2 Å². The Bertz CT molecular complexity index is 482. The van der Waals surface area contributed by atoms with Crippen LogP contribution in [0.2, 0.25) is 0 Å². The summed E-state index contributed by atoms with van der Waals surface area (Å²) < 4.78 is 5.71. The maximum Gasteiger partial charge on any atom is 0.181 e. The van der Waals surface area contributed by atoms with Crippen LogP contribution in [0.3, 0.4) is 0 Å². The average molecular weight is 274 g/mol. The Balaban J connectivity index is 1.68. The summed E-state index contributed by atoms with van der Waals surface area (Å²) in [4.78, 5) is 17.0. The van der Waals surface area contributed by atoms with Crippen molar-refractivity contribution in [3.63, 3.8) is 0 Å². The minimum atomic E-state index is -0.0380. The van der Waals surface area contributed by atoms with Gasteiger partial charge in [0.1, 0.15) is 5.75 Å². The van der Waals surface area contributed by atoms with Crippen LogP contribution in [0.5, 0.6) is 5.75 Å². The third-order valence-corrected chi connectivity index (χ3v) is 4.12. The van der Waals surface area contributed by atoms with E-state index in [9.17, 15) is 4.79 Å². The highest BCUT2D eigenvalue weighted by Crippen LogP contribution is 2.27. The molecular formula is C16H22N2O2. The Hall–Kier alpha value is -1.39. The van der Waals surface area contributed by atoms with Crippen LogP contribution in [-0.4, -0.2) is 61.5 Å². The van der Waals surface area contributed by atoms with Gasteiger partial charge in [-0.3, -0.25) is 9.69 Å². The van der Waals surface area contributed by atoms with Gasteiger partial charge in [-0.15, -0.1) is 0 Å². The van der Waals surface area contributed by atoms with Gasteiger partial charge in [0.15, 0.2) is 5.78 Å². The number of nitrogens with zero attached hydrogens (tertiary/aromatic N) is 2. The van der Waals surface area contributed by atoms with Crippen LogP contribution in [0, 0.1) is 0 Å². The van der Waals surface area contributed by atoms with E-state index in [1.807, 2.05) is 31.3 Å². The lowest BCUT2D eigenvalue weighted by atomic mass is 10.0. The van der Waals surface area contributed by atoms with Gasteiger partial charge in [0.25, 0.3) is 0 Å². The first-order valence-electron chi connectivity index (χ1n) is 7.33. The van der Waals surface area contributed by atoms with Crippen LogP contribution < -0.4 is 4.74 Å². The van der Waals surface area contributed by atoms with E-state index in [-0.39, 0.29) is 11.8 Å². The lowest BCUT2D eigenvalue weighted by Crippen LogP contribution is -2.53. The Labute approximate surface area is 120 Å². The molecule has 1 aliphatic carbocycles. The van der Waals surface area contributed by atoms with E-state index in [1.54, 1.807) is 0 Å². The predicted molar refractivity (Wildman–Crippen MR) is 78.3 cm³/mol. The standard InChI is InChI=1S/C16H22N2O2/c1-17-9-10-18(2)15(11-17)16(19)12-3-5-13(6-4-12)20-14-7-8-14/h3-6,14-15H,7-11H2,1-2H3. The van der Waals surface area contributed by atoms with Crippen molar-refractivity contribution in [3.05, 3.63) is 29.8 Å². The second-order valence-electron chi connectivity index (χ2n) is 5.96. The number of hydrogen-bond acceptors (Lipinski definition) is 4. The van der Waals surface area contributed by atoms with Crippen LogP contribution in [0.15, 0.2) is 24.3 Å². The van der Waals surface area contributed by atoms with Crippen molar-refractivity contribution in [2.45, 2.75) is 25.0 Å². The van der Waals surface area contributed by atoms with Gasteiger partial charge in [0.05, 0.1) is 12.1 Å². The molecule has 0 aromatic heterocycles. The quantitative estimate of drug-likeness (QED) is 0.782. The zero-order valence-electron chi connectivity index (χ0n) is 12.2. The molecule has 20 heavy (non-hydrogen) atoms. The van der Waals surface area contributed by atoms with E-state index in [1.165, 1.54) is 0 Å². The van der Waals surface area contributed by atoms with E-state index in [0.717, 1.165) is 43.8 Å². The van der Waals surface area contributed by atoms with Crippen molar-refractivity contribution in [2.75, 3.05) is 33.7 Å². The molecule has 3 rings (SSSR count). The van der Waals surface area contributed by atoms with Crippen molar-refractivity contribution in [2.24, 2.45) is 0 Å². The lowest BCUT2D eigenvalue weighted by molar-refractivity contribution is 0.0686. The molecular weight excluding hydrogens is 252 g/mol. The number of benzene rings is 1. The fourth-order valence-corrected chi connectivity index (χ4v) is 2.56. The van der Waals surface area contributed by atoms with Crippen molar-refractivity contribution < 1.29 is 9.53 Å². The maximum atomic E-state index is 12.6. The van der Waals surface area contributed by atoms with Gasteiger partial charge < -0.3 is 9.64 Å². The number of ketones is 1. The molecule has 0 amide bonds. The molecule has 4 nitrogen and oxygen atoms in total. The zero-order valence-corrected chi connectivity index (χ0v) is 12.2. The highest BCUT2D eigenvalue weighted by Gasteiger charge is 2.29. The largest absolute Gasteiger partial charge is 0.490 e. The van der Waals surface area contributed by atoms with Gasteiger partial charge in [-0.2, -0.15) is 0 Å². The Morgan fingerprint density at radius 3 is 2.50 bits per heavy atom. The van der Waals surface area contributed by atoms with Crippen molar-refractivity contribution in [1.29, 1.82) is 0 Å². The topological polar surface area (TPSA) is 32.8 Å². The summed E-state index contributed by atoms with van der Waals surface area (Å²) in [5, 5.41) is 0. The molecule has 1 saturated carbocycles. The Morgan fingerprint density at radius 1 is 1.15 bits per heavy atom. The SMILES string of the molecule is CN1CCN(C)C(C(=O)c2ccc(OC3CC3)cc2)C1. The Morgan fingerprint density at radius 2 is 1.85 bits per heavy atom. The van der Waals surface area contributed by atoms with Gasteiger partial charge in [-0.1, -0.05) is 0 Å². The molecule has 4 heteroatoms. The molecule has 1 heterocycles. The molecule has 1 aliphatic heterocycles. The van der Waals surface area contributed by atoms with Crippen LogP contribution >= 0.6 is 0 Å². The molecule has 2 aliphatic rings. The summed E-state index contributed by atoms with van der Waals surface area (Å²) in [5.74, 6) is 1.08. The second-order valence-corrected chi connectivity index (χ2v) is 5.96. The monoisotopic (exact) mass is 274 g/mol. The molecule has 1 aromatic rings. The van der Waals surface area contributed by atoms with Gasteiger partial charge in [0, 0.05) is 25.2 Å². The Kier molecular flexibility index (Phi) is 3.76. The molecule has 1 saturated heterocycles. The third-order valence-electron chi connectivity index (χ3n) is 4.12. The fraction of sp³-hybridized carbons (Fsp3) is 0.562. The summed E-state index contributed by atoms with van der Waals surface area (Å²) in [6, 6.07) is 7.57. The number of carbonyl (C=O) groups is 1. The minimum Gasteiger partial charge on any atom is -0.490 e. The number of ether oxygens (including phenoxy) is 1. The average Bonchev–Trinajstić information content (AvgIpc) is 3.26. The van der Waals surface area contributed by atoms with Gasteiger partial charge in [-0.25, -0.2) is 0 Å². The van der Waals surface area contributed by atoms with Crippen molar-refractivity contribution in [3.8, 4) is 5.75 Å². The lowest BCUT2D eigenvalue weighted by Gasteiger charge is -2.36. The zero-order chi connectivity index (χ0) is 14.1. The van der Waals surface area contributed by atoms with E-state index < -0.39 is 0 Å². The van der Waals surface area contributed by atoms with Crippen LogP contribution in [-0.2, 0) is 0 Å². The number of hydrogen-bond donors (Lipinski definition) is 0. The normalized spacial score (nSPS) is 24.6. The third kappa shape index (κ3) is 3.02. The van der Waals surface area contributed by atoms with E-state index in [0.29, 0.717) is 6.10 Å². The maximum absolute atomic E-state index is 12.6. The van der Waals surface area contributed by atoms with E-state index >= 15 is 0 Å². The molecule has 0 radical (unpaired) electrons. The summed E-state index contributed by atoms with van der Waals surface area (Å²) in [5.41, 5.74) is 0.778.